The number of benzene rings is 1. The van der Waals surface area contributed by atoms with Gasteiger partial charge in [0.15, 0.2) is 0 Å². The zero-order chi connectivity index (χ0) is 16.6. The summed E-state index contributed by atoms with van der Waals surface area (Å²) in [6.45, 7) is 4.06. The van der Waals surface area contributed by atoms with Crippen molar-refractivity contribution in [3.8, 4) is 0 Å². The van der Waals surface area contributed by atoms with Crippen LogP contribution in [0.4, 0.5) is 0 Å². The number of aryl methyl sites for hydroxylation is 1. The molecule has 6 nitrogen and oxygen atoms in total. The third-order valence-electron chi connectivity index (χ3n) is 4.66. The predicted octanol–water partition coefficient (Wildman–Crippen LogP) is 3.02. The lowest BCUT2D eigenvalue weighted by Gasteiger charge is -2.35. The molecule has 23 heavy (non-hydrogen) atoms. The highest BCUT2D eigenvalue weighted by atomic mass is 16.5. The van der Waals surface area contributed by atoms with E-state index in [4.69, 9.17) is 4.74 Å². The standard InChI is InChI=1S/C17H20N2O4/c1-3-10-6-5-7-11-14-12(19-22)9-23-17(4-2,8-13(20)21)16(14)18-15(10)11/h5-7,18,22H,3-4,8-9H2,1-2H3,(H,20,21)/b19-12-. The van der Waals surface area contributed by atoms with E-state index >= 15 is 0 Å². The SMILES string of the molecule is CCc1cccc2c3c([nH]c12)C(CC)(CC(=O)O)OC/C3=N/O. The van der Waals surface area contributed by atoms with Gasteiger partial charge in [-0.3, -0.25) is 4.79 Å². The fourth-order valence-electron chi connectivity index (χ4n) is 3.43. The highest BCUT2D eigenvalue weighted by Crippen LogP contribution is 2.42. The molecular weight excluding hydrogens is 296 g/mol. The Labute approximate surface area is 133 Å². The third-order valence-corrected chi connectivity index (χ3v) is 4.66. The molecule has 3 rings (SSSR count). The third kappa shape index (κ3) is 2.30. The first kappa shape index (κ1) is 15.6. The van der Waals surface area contributed by atoms with Crippen molar-refractivity contribution in [2.24, 2.45) is 5.16 Å². The normalized spacial score (nSPS) is 22.4. The van der Waals surface area contributed by atoms with Gasteiger partial charge in [0, 0.05) is 16.5 Å². The monoisotopic (exact) mass is 316 g/mol. The minimum Gasteiger partial charge on any atom is -0.481 e. The predicted molar refractivity (Wildman–Crippen MR) is 86.2 cm³/mol. The van der Waals surface area contributed by atoms with E-state index in [9.17, 15) is 15.1 Å². The average molecular weight is 316 g/mol. The molecule has 0 bridgehead atoms. The van der Waals surface area contributed by atoms with Gasteiger partial charge in [0.1, 0.15) is 11.3 Å². The van der Waals surface area contributed by atoms with Crippen LogP contribution in [0, 0.1) is 0 Å². The topological polar surface area (TPSA) is 94.9 Å². The number of aromatic amines is 1. The van der Waals surface area contributed by atoms with Crippen LogP contribution in [0.15, 0.2) is 23.4 Å². The molecule has 6 heteroatoms. The van der Waals surface area contributed by atoms with Crippen LogP contribution in [0.5, 0.6) is 0 Å². The molecule has 0 radical (unpaired) electrons. The molecule has 1 aromatic heterocycles. The number of aromatic nitrogens is 1. The number of para-hydroxylation sites is 1. The molecule has 1 aliphatic heterocycles. The molecule has 1 aliphatic rings. The Morgan fingerprint density at radius 2 is 2.22 bits per heavy atom. The van der Waals surface area contributed by atoms with Crippen LogP contribution in [0.25, 0.3) is 10.9 Å². The summed E-state index contributed by atoms with van der Waals surface area (Å²) in [5.74, 6) is -0.920. The van der Waals surface area contributed by atoms with Crippen LogP contribution in [0.3, 0.4) is 0 Å². The van der Waals surface area contributed by atoms with Crippen molar-refractivity contribution in [1.82, 2.24) is 4.98 Å². The van der Waals surface area contributed by atoms with Crippen molar-refractivity contribution in [3.63, 3.8) is 0 Å². The van der Waals surface area contributed by atoms with Gasteiger partial charge < -0.3 is 20.0 Å². The Balaban J connectivity index is 2.34. The number of carboxylic acid groups (broad SMARTS) is 1. The largest absolute Gasteiger partial charge is 0.481 e. The number of hydrogen-bond donors (Lipinski definition) is 3. The summed E-state index contributed by atoms with van der Waals surface area (Å²) in [7, 11) is 0. The van der Waals surface area contributed by atoms with Crippen molar-refractivity contribution in [1.29, 1.82) is 0 Å². The summed E-state index contributed by atoms with van der Waals surface area (Å²) in [4.78, 5) is 14.7. The summed E-state index contributed by atoms with van der Waals surface area (Å²) < 4.78 is 5.86. The molecule has 1 atom stereocenters. The van der Waals surface area contributed by atoms with Crippen LogP contribution >= 0.6 is 0 Å². The number of fused-ring (bicyclic) bond motifs is 3. The number of ether oxygens (including phenoxy) is 1. The van der Waals surface area contributed by atoms with E-state index in [0.29, 0.717) is 17.8 Å². The second-order valence-electron chi connectivity index (χ2n) is 5.82. The average Bonchev–Trinajstić information content (AvgIpc) is 2.95. The first-order valence-electron chi connectivity index (χ1n) is 7.77. The maximum atomic E-state index is 11.4. The van der Waals surface area contributed by atoms with Crippen molar-refractivity contribution in [2.45, 2.75) is 38.7 Å². The summed E-state index contributed by atoms with van der Waals surface area (Å²) in [6.07, 6.45) is 1.23. The van der Waals surface area contributed by atoms with E-state index in [1.54, 1.807) is 0 Å². The van der Waals surface area contributed by atoms with Crippen LogP contribution < -0.4 is 0 Å². The number of hydrogen-bond acceptors (Lipinski definition) is 4. The van der Waals surface area contributed by atoms with Crippen LogP contribution in [0.1, 0.15) is 43.5 Å². The van der Waals surface area contributed by atoms with Gasteiger partial charge in [-0.05, 0) is 18.4 Å². The van der Waals surface area contributed by atoms with Gasteiger partial charge in [-0.1, -0.05) is 37.2 Å². The summed E-state index contributed by atoms with van der Waals surface area (Å²) in [6, 6.07) is 5.96. The maximum absolute atomic E-state index is 11.4. The number of rotatable bonds is 4. The second-order valence-corrected chi connectivity index (χ2v) is 5.82. The Hall–Kier alpha value is -2.34. The van der Waals surface area contributed by atoms with Crippen LogP contribution in [-0.2, 0) is 21.6 Å². The molecule has 3 N–H and O–H groups in total. The molecular formula is C17H20N2O4. The van der Waals surface area contributed by atoms with Gasteiger partial charge in [-0.15, -0.1) is 0 Å². The fourth-order valence-corrected chi connectivity index (χ4v) is 3.43. The number of H-pyrrole nitrogens is 1. The number of oxime groups is 1. The number of carboxylic acids is 1. The van der Waals surface area contributed by atoms with Gasteiger partial charge in [-0.2, -0.15) is 0 Å². The Bertz CT molecular complexity index is 793. The van der Waals surface area contributed by atoms with Gasteiger partial charge >= 0.3 is 5.97 Å². The van der Waals surface area contributed by atoms with Gasteiger partial charge in [0.05, 0.1) is 18.7 Å². The molecule has 0 saturated heterocycles. The first-order chi connectivity index (χ1) is 11.1. The lowest BCUT2D eigenvalue weighted by atomic mass is 9.85. The highest BCUT2D eigenvalue weighted by Gasteiger charge is 2.43. The number of aliphatic carboxylic acids is 1. The van der Waals surface area contributed by atoms with Crippen molar-refractivity contribution >= 4 is 22.6 Å². The van der Waals surface area contributed by atoms with Crippen molar-refractivity contribution < 1.29 is 19.8 Å². The quantitative estimate of drug-likeness (QED) is 0.597. The van der Waals surface area contributed by atoms with E-state index in [0.717, 1.165) is 28.5 Å². The second kappa shape index (κ2) is 5.70. The Kier molecular flexibility index (Phi) is 3.85. The summed E-state index contributed by atoms with van der Waals surface area (Å²) in [5, 5.41) is 23.0. The molecule has 2 heterocycles. The maximum Gasteiger partial charge on any atom is 0.306 e. The summed E-state index contributed by atoms with van der Waals surface area (Å²) in [5.41, 5.74) is 3.04. The number of nitrogens with one attached hydrogen (secondary N) is 1. The zero-order valence-corrected chi connectivity index (χ0v) is 13.2. The fraction of sp³-hybridized carbons (Fsp3) is 0.412. The first-order valence-corrected chi connectivity index (χ1v) is 7.77. The highest BCUT2D eigenvalue weighted by molar-refractivity contribution is 6.14. The van der Waals surface area contributed by atoms with E-state index in [1.165, 1.54) is 0 Å². The molecule has 1 unspecified atom stereocenters. The molecule has 0 saturated carbocycles. The van der Waals surface area contributed by atoms with Gasteiger partial charge in [-0.25, -0.2) is 0 Å². The van der Waals surface area contributed by atoms with Crippen molar-refractivity contribution in [3.05, 3.63) is 35.0 Å². The minimum absolute atomic E-state index is 0.0912. The van der Waals surface area contributed by atoms with E-state index in [2.05, 4.69) is 17.1 Å². The van der Waals surface area contributed by atoms with Gasteiger partial charge in [0.25, 0.3) is 0 Å². The zero-order valence-electron chi connectivity index (χ0n) is 13.2. The minimum atomic E-state index is -0.931. The molecule has 1 aromatic carbocycles. The van der Waals surface area contributed by atoms with Crippen LogP contribution in [-0.4, -0.2) is 33.6 Å². The smallest absolute Gasteiger partial charge is 0.306 e. The lowest BCUT2D eigenvalue weighted by molar-refractivity contribution is -0.146. The van der Waals surface area contributed by atoms with Crippen molar-refractivity contribution in [2.75, 3.05) is 6.61 Å². The van der Waals surface area contributed by atoms with E-state index < -0.39 is 11.6 Å². The Morgan fingerprint density at radius 1 is 1.43 bits per heavy atom. The number of nitrogens with zero attached hydrogens (tertiary/aromatic N) is 1. The van der Waals surface area contributed by atoms with E-state index in [-0.39, 0.29) is 13.0 Å². The molecule has 2 aromatic rings. The Morgan fingerprint density at radius 3 is 2.83 bits per heavy atom. The van der Waals surface area contributed by atoms with Gasteiger partial charge in [0.2, 0.25) is 0 Å². The summed E-state index contributed by atoms with van der Waals surface area (Å²) >= 11 is 0. The molecule has 122 valence electrons. The molecule has 0 aliphatic carbocycles. The molecule has 0 spiro atoms. The molecule has 0 amide bonds. The van der Waals surface area contributed by atoms with E-state index in [1.807, 2.05) is 25.1 Å². The molecule has 0 fully saturated rings. The number of carbonyl (C=O) groups is 1. The van der Waals surface area contributed by atoms with Crippen LogP contribution in [0.2, 0.25) is 0 Å². The lowest BCUT2D eigenvalue weighted by Crippen LogP contribution is -2.40.